The lowest BCUT2D eigenvalue weighted by atomic mass is 10.1. The van der Waals surface area contributed by atoms with Crippen molar-refractivity contribution in [1.29, 1.82) is 0 Å². The number of hydrogen-bond acceptors (Lipinski definition) is 9. The van der Waals surface area contributed by atoms with E-state index in [2.05, 4.69) is 73.1 Å². The van der Waals surface area contributed by atoms with Crippen molar-refractivity contribution in [1.82, 2.24) is 0 Å². The van der Waals surface area contributed by atoms with E-state index in [0.29, 0.717) is 19.3 Å². The molecule has 55 heavy (non-hydrogen) atoms. The van der Waals surface area contributed by atoms with Crippen LogP contribution in [0.1, 0.15) is 168 Å². The monoisotopic (exact) mass is 797 g/mol. The summed E-state index contributed by atoms with van der Waals surface area (Å²) >= 11 is 0. The van der Waals surface area contributed by atoms with Crippen molar-refractivity contribution in [2.45, 2.75) is 180 Å². The van der Waals surface area contributed by atoms with Crippen LogP contribution in [0, 0.1) is 0 Å². The highest BCUT2D eigenvalue weighted by Gasteiger charge is 2.27. The second kappa shape index (κ2) is 39.9. The number of unbranched alkanes of at least 4 members (excludes halogenated alkanes) is 15. The Morgan fingerprint density at radius 2 is 0.964 bits per heavy atom. The summed E-state index contributed by atoms with van der Waals surface area (Å²) in [5.41, 5.74) is 0. The van der Waals surface area contributed by atoms with E-state index in [1.807, 2.05) is 6.08 Å². The summed E-state index contributed by atoms with van der Waals surface area (Å²) in [6.45, 7) is 2.26. The molecule has 0 radical (unpaired) electrons. The van der Waals surface area contributed by atoms with Gasteiger partial charge in [-0.1, -0.05) is 139 Å². The third kappa shape index (κ3) is 39.7. The van der Waals surface area contributed by atoms with Gasteiger partial charge in [0.15, 0.2) is 6.10 Å². The zero-order valence-electron chi connectivity index (χ0n) is 34.4. The Morgan fingerprint density at radius 1 is 0.545 bits per heavy atom. The molecule has 3 atom stereocenters. The van der Waals surface area contributed by atoms with Crippen LogP contribution in [0.2, 0.25) is 0 Å². The fourth-order valence-electron chi connectivity index (χ4n) is 5.33. The van der Waals surface area contributed by atoms with Crippen LogP contribution in [0.15, 0.2) is 60.8 Å². The van der Waals surface area contributed by atoms with Gasteiger partial charge in [-0.3, -0.25) is 18.6 Å². The van der Waals surface area contributed by atoms with Gasteiger partial charge in [-0.15, -0.1) is 0 Å². The number of hydrogen-bond donors (Lipinski definition) is 3. The van der Waals surface area contributed by atoms with Crippen molar-refractivity contribution < 1.29 is 47.8 Å². The van der Waals surface area contributed by atoms with Gasteiger partial charge < -0.3 is 24.6 Å². The molecule has 0 fully saturated rings. The molecule has 10 nitrogen and oxygen atoms in total. The lowest BCUT2D eigenvalue weighted by Gasteiger charge is -2.20. The summed E-state index contributed by atoms with van der Waals surface area (Å²) in [7, 11) is -4.63. The summed E-state index contributed by atoms with van der Waals surface area (Å²) in [6, 6.07) is 0. The van der Waals surface area contributed by atoms with Crippen molar-refractivity contribution in [3.63, 3.8) is 0 Å². The first-order valence-electron chi connectivity index (χ1n) is 21.2. The minimum atomic E-state index is -4.63. The fourth-order valence-corrected chi connectivity index (χ4v) is 6.12. The molecule has 0 aliphatic carbocycles. The normalized spacial score (nSPS) is 14.5. The molecule has 1 unspecified atom stereocenters. The van der Waals surface area contributed by atoms with E-state index in [1.165, 1.54) is 70.6 Å². The van der Waals surface area contributed by atoms with Gasteiger partial charge in [0.25, 0.3) is 0 Å². The number of carbonyl (C=O) groups excluding carboxylic acids is 2. The van der Waals surface area contributed by atoms with Crippen molar-refractivity contribution >= 4 is 19.8 Å². The fraction of sp³-hybridized carbons (Fsp3) is 0.727. The van der Waals surface area contributed by atoms with Crippen molar-refractivity contribution in [2.24, 2.45) is 0 Å². The lowest BCUT2D eigenvalue weighted by Crippen LogP contribution is -2.29. The summed E-state index contributed by atoms with van der Waals surface area (Å²) < 4.78 is 32.6. The standard InChI is InChI=1S/C44H77O10P/c1-3-5-7-9-11-13-15-17-19-20-22-23-25-27-29-31-33-35-43(47)51-39-42(40-53-55(49,50)52-38-41(46)37-45)54-44(48)36-34-32-30-28-26-24-21-18-16-14-12-10-8-6-4-2/h11,13-14,16-17,19,22-23,27,29,41-42,45-46H,3-10,12,15,18,20-21,24-26,28,30-40H2,1-2H3,(H,49,50)/b13-11+,16-14+,19-17+,23-22+,29-27+/t41-,42+/m0/s1. The molecule has 0 saturated carbocycles. The molecular formula is C44H77O10P. The van der Waals surface area contributed by atoms with Gasteiger partial charge in [-0.2, -0.15) is 0 Å². The Bertz CT molecular complexity index is 1100. The smallest absolute Gasteiger partial charge is 0.462 e. The van der Waals surface area contributed by atoms with E-state index in [4.69, 9.17) is 19.1 Å². The average Bonchev–Trinajstić information content (AvgIpc) is 3.17. The summed E-state index contributed by atoms with van der Waals surface area (Å²) in [6.07, 6.45) is 43.3. The first kappa shape index (κ1) is 52.7. The van der Waals surface area contributed by atoms with Crippen LogP contribution in [0.25, 0.3) is 0 Å². The molecule has 0 bridgehead atoms. The van der Waals surface area contributed by atoms with Gasteiger partial charge in [-0.25, -0.2) is 4.57 Å². The molecule has 3 N–H and O–H groups in total. The van der Waals surface area contributed by atoms with E-state index in [1.54, 1.807) is 0 Å². The number of aliphatic hydroxyl groups is 2. The second-order valence-electron chi connectivity index (χ2n) is 14.0. The molecule has 0 aromatic carbocycles. The maximum Gasteiger partial charge on any atom is 0.472 e. The molecule has 11 heteroatoms. The highest BCUT2D eigenvalue weighted by Crippen LogP contribution is 2.43. The van der Waals surface area contributed by atoms with Crippen LogP contribution >= 0.6 is 7.82 Å². The minimum Gasteiger partial charge on any atom is -0.462 e. The predicted molar refractivity (Wildman–Crippen MR) is 224 cm³/mol. The van der Waals surface area contributed by atoms with Crippen LogP contribution in [-0.4, -0.2) is 65.7 Å². The van der Waals surface area contributed by atoms with Crippen LogP contribution in [0.4, 0.5) is 0 Å². The third-order valence-electron chi connectivity index (χ3n) is 8.64. The number of phosphoric acid groups is 1. The number of allylic oxidation sites excluding steroid dienone is 10. The molecule has 0 saturated heterocycles. The van der Waals surface area contributed by atoms with E-state index < -0.39 is 51.8 Å². The van der Waals surface area contributed by atoms with Gasteiger partial charge in [-0.05, 0) is 77.0 Å². The zero-order valence-corrected chi connectivity index (χ0v) is 35.3. The molecule has 0 aliphatic heterocycles. The Labute approximate surface area is 334 Å². The highest BCUT2D eigenvalue weighted by atomic mass is 31.2. The van der Waals surface area contributed by atoms with Crippen LogP contribution < -0.4 is 0 Å². The molecule has 0 rings (SSSR count). The quantitative estimate of drug-likeness (QED) is 0.0237. The number of rotatable bonds is 39. The Kier molecular flexibility index (Phi) is 38.2. The van der Waals surface area contributed by atoms with Gasteiger partial charge in [0.1, 0.15) is 12.7 Å². The van der Waals surface area contributed by atoms with E-state index in [0.717, 1.165) is 51.4 Å². The van der Waals surface area contributed by atoms with Crippen LogP contribution in [0.3, 0.4) is 0 Å². The topological polar surface area (TPSA) is 149 Å². The third-order valence-corrected chi connectivity index (χ3v) is 9.60. The van der Waals surface area contributed by atoms with E-state index in [9.17, 15) is 24.2 Å². The summed E-state index contributed by atoms with van der Waals surface area (Å²) in [5, 5.41) is 18.3. The average molecular weight is 797 g/mol. The molecule has 0 aromatic rings. The zero-order chi connectivity index (χ0) is 40.5. The number of ether oxygens (including phenoxy) is 2. The number of phosphoric ester groups is 1. The predicted octanol–water partition coefficient (Wildman–Crippen LogP) is 11.1. The molecule has 0 spiro atoms. The van der Waals surface area contributed by atoms with Crippen LogP contribution in [-0.2, 0) is 32.7 Å². The molecule has 318 valence electrons. The number of esters is 2. The van der Waals surface area contributed by atoms with Crippen molar-refractivity contribution in [2.75, 3.05) is 26.4 Å². The molecule has 0 amide bonds. The van der Waals surface area contributed by atoms with Gasteiger partial charge in [0.05, 0.1) is 19.8 Å². The summed E-state index contributed by atoms with van der Waals surface area (Å²) in [5.74, 6) is -0.999. The van der Waals surface area contributed by atoms with E-state index in [-0.39, 0.29) is 19.4 Å². The van der Waals surface area contributed by atoms with E-state index >= 15 is 0 Å². The van der Waals surface area contributed by atoms with Crippen molar-refractivity contribution in [3.8, 4) is 0 Å². The Hall–Kier alpha value is -2.33. The number of carbonyl (C=O) groups is 2. The highest BCUT2D eigenvalue weighted by molar-refractivity contribution is 7.47. The first-order chi connectivity index (χ1) is 26.7. The first-order valence-corrected chi connectivity index (χ1v) is 22.7. The second-order valence-corrected chi connectivity index (χ2v) is 15.5. The van der Waals surface area contributed by atoms with Gasteiger partial charge >= 0.3 is 19.8 Å². The Balaban J connectivity index is 4.42. The molecule has 0 aliphatic rings. The maximum absolute atomic E-state index is 12.6. The summed E-state index contributed by atoms with van der Waals surface area (Å²) in [4.78, 5) is 34.9. The largest absolute Gasteiger partial charge is 0.472 e. The maximum atomic E-state index is 12.6. The van der Waals surface area contributed by atoms with Crippen molar-refractivity contribution in [3.05, 3.63) is 60.8 Å². The van der Waals surface area contributed by atoms with Gasteiger partial charge in [0.2, 0.25) is 0 Å². The lowest BCUT2D eigenvalue weighted by molar-refractivity contribution is -0.161. The Morgan fingerprint density at radius 3 is 1.53 bits per heavy atom. The SMILES string of the molecule is CCCCC/C=C/C/C=C/C/C=C/C/C=C/CCCC(=O)OC[C@H](COP(=O)(O)OC[C@@H](O)CO)OC(=O)CCCCCCCCC/C=C/CCCCCC. The van der Waals surface area contributed by atoms with Crippen LogP contribution in [0.5, 0.6) is 0 Å². The van der Waals surface area contributed by atoms with Gasteiger partial charge in [0, 0.05) is 12.8 Å². The molecule has 0 aromatic heterocycles. The minimum absolute atomic E-state index is 0.163. The number of aliphatic hydroxyl groups excluding tert-OH is 2. The molecule has 0 heterocycles. The molecular weight excluding hydrogens is 719 g/mol.